The molecule has 1 heterocycles. The van der Waals surface area contributed by atoms with E-state index in [1.54, 1.807) is 0 Å². The molecule has 1 aromatic heterocycles. The standard InChI is InChI=1S/C16H10F2N4O2S/c17-11-5-1-3-9(7-11)13(23)19-15-21-22-16(25-15)20-14(24)10-4-2-6-12(18)8-10/h1-8H,(H,19,21,23)(H,20,22,24). The van der Waals surface area contributed by atoms with Crippen LogP contribution in [0.15, 0.2) is 48.5 Å². The molecular formula is C16H10F2N4O2S. The van der Waals surface area contributed by atoms with Gasteiger partial charge in [0.05, 0.1) is 0 Å². The second kappa shape index (κ2) is 7.14. The van der Waals surface area contributed by atoms with E-state index in [1.807, 2.05) is 0 Å². The third kappa shape index (κ3) is 4.21. The number of carbonyl (C=O) groups excluding carboxylic acids is 2. The molecule has 0 fully saturated rings. The van der Waals surface area contributed by atoms with E-state index in [1.165, 1.54) is 36.4 Å². The summed E-state index contributed by atoms with van der Waals surface area (Å²) in [6.07, 6.45) is 0. The Bertz CT molecular complexity index is 871. The van der Waals surface area contributed by atoms with Crippen molar-refractivity contribution in [2.45, 2.75) is 0 Å². The van der Waals surface area contributed by atoms with Crippen molar-refractivity contribution >= 4 is 33.4 Å². The van der Waals surface area contributed by atoms with Gasteiger partial charge in [-0.1, -0.05) is 23.5 Å². The summed E-state index contributed by atoms with van der Waals surface area (Å²) in [4.78, 5) is 24.0. The molecule has 3 rings (SSSR count). The van der Waals surface area contributed by atoms with Gasteiger partial charge in [-0.05, 0) is 36.4 Å². The lowest BCUT2D eigenvalue weighted by Crippen LogP contribution is -2.12. The molecule has 2 amide bonds. The quantitative estimate of drug-likeness (QED) is 0.748. The third-order valence-electron chi connectivity index (χ3n) is 3.04. The summed E-state index contributed by atoms with van der Waals surface area (Å²) in [6, 6.07) is 10.3. The largest absolute Gasteiger partial charge is 0.296 e. The highest BCUT2D eigenvalue weighted by atomic mass is 32.1. The Morgan fingerprint density at radius 3 is 1.64 bits per heavy atom. The average molecular weight is 360 g/mol. The van der Waals surface area contributed by atoms with Crippen molar-refractivity contribution in [3.05, 3.63) is 71.3 Å². The minimum Gasteiger partial charge on any atom is -0.296 e. The van der Waals surface area contributed by atoms with Crippen LogP contribution in [0.25, 0.3) is 0 Å². The predicted octanol–water partition coefficient (Wildman–Crippen LogP) is 3.32. The summed E-state index contributed by atoms with van der Waals surface area (Å²) in [5.74, 6) is -2.18. The van der Waals surface area contributed by atoms with Crippen LogP contribution in [0.4, 0.5) is 19.0 Å². The third-order valence-corrected chi connectivity index (χ3v) is 3.79. The van der Waals surface area contributed by atoms with Crippen LogP contribution < -0.4 is 10.6 Å². The van der Waals surface area contributed by atoms with Crippen molar-refractivity contribution in [1.82, 2.24) is 10.2 Å². The van der Waals surface area contributed by atoms with Crippen LogP contribution in [-0.2, 0) is 0 Å². The van der Waals surface area contributed by atoms with Crippen molar-refractivity contribution in [2.24, 2.45) is 0 Å². The first-order chi connectivity index (χ1) is 12.0. The molecule has 0 saturated heterocycles. The number of aromatic nitrogens is 2. The number of benzene rings is 2. The molecule has 0 radical (unpaired) electrons. The van der Waals surface area contributed by atoms with Crippen molar-refractivity contribution in [1.29, 1.82) is 0 Å². The SMILES string of the molecule is O=C(Nc1nnc(NC(=O)c2cccc(F)c2)s1)c1cccc(F)c1. The molecule has 3 aromatic rings. The molecule has 0 bridgehead atoms. The maximum Gasteiger partial charge on any atom is 0.257 e. The van der Waals surface area contributed by atoms with Crippen LogP contribution >= 0.6 is 11.3 Å². The van der Waals surface area contributed by atoms with Gasteiger partial charge in [0.15, 0.2) is 0 Å². The Kier molecular flexibility index (Phi) is 4.75. The molecule has 126 valence electrons. The average Bonchev–Trinajstić information content (AvgIpc) is 3.01. The fraction of sp³-hybridized carbons (Fsp3) is 0. The molecule has 0 saturated carbocycles. The summed E-state index contributed by atoms with van der Waals surface area (Å²) < 4.78 is 26.2. The molecule has 2 aromatic carbocycles. The maximum absolute atomic E-state index is 13.1. The Hall–Kier alpha value is -3.20. The zero-order valence-electron chi connectivity index (χ0n) is 12.5. The molecule has 6 nitrogen and oxygen atoms in total. The van der Waals surface area contributed by atoms with Gasteiger partial charge < -0.3 is 0 Å². The fourth-order valence-corrected chi connectivity index (χ4v) is 2.56. The number of nitrogens with zero attached hydrogens (tertiary/aromatic N) is 2. The fourth-order valence-electron chi connectivity index (χ4n) is 1.92. The number of carbonyl (C=O) groups is 2. The summed E-state index contributed by atoms with van der Waals surface area (Å²) in [7, 11) is 0. The zero-order chi connectivity index (χ0) is 17.8. The van der Waals surface area contributed by atoms with Gasteiger partial charge in [0.1, 0.15) is 11.6 Å². The summed E-state index contributed by atoms with van der Waals surface area (Å²) in [5, 5.41) is 12.6. The summed E-state index contributed by atoms with van der Waals surface area (Å²) >= 11 is 0.914. The number of hydrogen-bond donors (Lipinski definition) is 2. The van der Waals surface area contributed by atoms with Gasteiger partial charge in [-0.25, -0.2) is 8.78 Å². The van der Waals surface area contributed by atoms with E-state index in [9.17, 15) is 18.4 Å². The van der Waals surface area contributed by atoms with Crippen LogP contribution in [0.3, 0.4) is 0 Å². The van der Waals surface area contributed by atoms with E-state index < -0.39 is 23.4 Å². The first kappa shape index (κ1) is 16.7. The minimum atomic E-state index is -0.557. The number of rotatable bonds is 4. The second-order valence-electron chi connectivity index (χ2n) is 4.84. The maximum atomic E-state index is 13.1. The lowest BCUT2D eigenvalue weighted by molar-refractivity contribution is 0.101. The van der Waals surface area contributed by atoms with E-state index in [-0.39, 0.29) is 21.4 Å². The molecule has 25 heavy (non-hydrogen) atoms. The molecule has 0 unspecified atom stereocenters. The second-order valence-corrected chi connectivity index (χ2v) is 5.82. The highest BCUT2D eigenvalue weighted by Crippen LogP contribution is 2.21. The molecule has 0 aliphatic carbocycles. The smallest absolute Gasteiger partial charge is 0.257 e. The van der Waals surface area contributed by atoms with Gasteiger partial charge in [0.2, 0.25) is 10.3 Å². The van der Waals surface area contributed by atoms with E-state index in [0.717, 1.165) is 23.5 Å². The Morgan fingerprint density at radius 2 is 1.24 bits per heavy atom. The van der Waals surface area contributed by atoms with Crippen molar-refractivity contribution in [3.63, 3.8) is 0 Å². The molecule has 0 atom stereocenters. The lowest BCUT2D eigenvalue weighted by atomic mass is 10.2. The van der Waals surface area contributed by atoms with Crippen molar-refractivity contribution in [2.75, 3.05) is 10.6 Å². The van der Waals surface area contributed by atoms with Gasteiger partial charge in [-0.3, -0.25) is 20.2 Å². The molecule has 2 N–H and O–H groups in total. The molecule has 0 aliphatic heterocycles. The lowest BCUT2D eigenvalue weighted by Gasteiger charge is -2.01. The van der Waals surface area contributed by atoms with Crippen LogP contribution in [0.2, 0.25) is 0 Å². The van der Waals surface area contributed by atoms with Crippen LogP contribution in [0.5, 0.6) is 0 Å². The molecule has 0 aliphatic rings. The van der Waals surface area contributed by atoms with Crippen molar-refractivity contribution < 1.29 is 18.4 Å². The van der Waals surface area contributed by atoms with E-state index in [2.05, 4.69) is 20.8 Å². The molecule has 9 heteroatoms. The van der Waals surface area contributed by atoms with E-state index in [4.69, 9.17) is 0 Å². The van der Waals surface area contributed by atoms with Crippen LogP contribution in [0.1, 0.15) is 20.7 Å². The highest BCUT2D eigenvalue weighted by Gasteiger charge is 2.13. The van der Waals surface area contributed by atoms with Crippen LogP contribution in [0, 0.1) is 11.6 Å². The van der Waals surface area contributed by atoms with Gasteiger partial charge >= 0.3 is 0 Å². The van der Waals surface area contributed by atoms with Crippen molar-refractivity contribution in [3.8, 4) is 0 Å². The van der Waals surface area contributed by atoms with Gasteiger partial charge in [0.25, 0.3) is 11.8 Å². The van der Waals surface area contributed by atoms with Gasteiger partial charge in [-0.2, -0.15) is 0 Å². The van der Waals surface area contributed by atoms with Gasteiger partial charge in [-0.15, -0.1) is 10.2 Å². The normalized spacial score (nSPS) is 10.3. The number of hydrogen-bond acceptors (Lipinski definition) is 5. The van der Waals surface area contributed by atoms with Gasteiger partial charge in [0, 0.05) is 11.1 Å². The minimum absolute atomic E-state index is 0.126. The number of anilines is 2. The van der Waals surface area contributed by atoms with E-state index >= 15 is 0 Å². The highest BCUT2D eigenvalue weighted by molar-refractivity contribution is 7.19. The monoisotopic (exact) mass is 360 g/mol. The Labute approximate surface area is 144 Å². The van der Waals surface area contributed by atoms with Crippen LogP contribution in [-0.4, -0.2) is 22.0 Å². The Morgan fingerprint density at radius 1 is 0.800 bits per heavy atom. The number of halogens is 2. The number of nitrogens with one attached hydrogen (secondary N) is 2. The first-order valence-electron chi connectivity index (χ1n) is 6.98. The molecule has 0 spiro atoms. The Balaban J connectivity index is 1.66. The first-order valence-corrected chi connectivity index (χ1v) is 7.80. The zero-order valence-corrected chi connectivity index (χ0v) is 13.3. The summed E-state index contributed by atoms with van der Waals surface area (Å²) in [6.45, 7) is 0. The topological polar surface area (TPSA) is 84.0 Å². The number of amides is 2. The van der Waals surface area contributed by atoms with E-state index in [0.29, 0.717) is 0 Å². The summed E-state index contributed by atoms with van der Waals surface area (Å²) in [5.41, 5.74) is 0.251. The predicted molar refractivity (Wildman–Crippen MR) is 88.6 cm³/mol. The molecular weight excluding hydrogens is 350 g/mol.